The molecule has 0 aliphatic heterocycles. The lowest BCUT2D eigenvalue weighted by atomic mass is 10.0. The molecule has 0 saturated carbocycles. The van der Waals surface area contributed by atoms with Crippen molar-refractivity contribution in [1.29, 1.82) is 0 Å². The molecule has 166 valence electrons. The van der Waals surface area contributed by atoms with Crippen LogP contribution in [0.3, 0.4) is 0 Å². The summed E-state index contributed by atoms with van der Waals surface area (Å²) in [5, 5.41) is 2.65. The number of aryl methyl sites for hydroxylation is 1. The average molecular weight is 443 g/mol. The zero-order valence-corrected chi connectivity index (χ0v) is 17.5. The van der Waals surface area contributed by atoms with Crippen molar-refractivity contribution < 1.29 is 22.4 Å². The number of rotatable bonds is 6. The highest BCUT2D eigenvalue weighted by Crippen LogP contribution is 2.31. The van der Waals surface area contributed by atoms with E-state index >= 15 is 0 Å². The molecule has 0 saturated heterocycles. The van der Waals surface area contributed by atoms with Gasteiger partial charge in [-0.05, 0) is 60.4 Å². The first-order valence-corrected chi connectivity index (χ1v) is 9.91. The lowest BCUT2D eigenvalue weighted by Crippen LogP contribution is -2.20. The fourth-order valence-electron chi connectivity index (χ4n) is 3.30. The molecule has 8 heteroatoms. The van der Waals surface area contributed by atoms with Crippen LogP contribution in [0.1, 0.15) is 34.9 Å². The highest BCUT2D eigenvalue weighted by molar-refractivity contribution is 5.92. The van der Waals surface area contributed by atoms with Crippen LogP contribution in [0.25, 0.3) is 17.3 Å². The van der Waals surface area contributed by atoms with Gasteiger partial charge < -0.3 is 5.32 Å². The monoisotopic (exact) mass is 443 g/mol. The molecule has 0 atom stereocenters. The van der Waals surface area contributed by atoms with E-state index in [2.05, 4.69) is 15.3 Å². The van der Waals surface area contributed by atoms with Crippen molar-refractivity contribution in [3.8, 4) is 11.3 Å². The molecule has 3 aromatic rings. The number of nitrogens with one attached hydrogen (secondary N) is 1. The zero-order valence-electron chi connectivity index (χ0n) is 17.5. The second kappa shape index (κ2) is 9.72. The van der Waals surface area contributed by atoms with Crippen LogP contribution in [-0.2, 0) is 23.9 Å². The lowest BCUT2D eigenvalue weighted by Gasteiger charge is -2.11. The maximum Gasteiger partial charge on any atom is 0.433 e. The summed E-state index contributed by atoms with van der Waals surface area (Å²) in [4.78, 5) is 19.9. The number of aromatic nitrogens is 2. The molecular weight excluding hydrogens is 422 g/mol. The molecule has 0 aliphatic rings. The minimum Gasteiger partial charge on any atom is -0.348 e. The van der Waals surface area contributed by atoms with Gasteiger partial charge in [-0.25, -0.2) is 9.37 Å². The van der Waals surface area contributed by atoms with Gasteiger partial charge in [0.15, 0.2) is 0 Å². The van der Waals surface area contributed by atoms with E-state index < -0.39 is 17.8 Å². The predicted molar refractivity (Wildman–Crippen MR) is 114 cm³/mol. The number of carbonyl (C=O) groups is 1. The Kier molecular flexibility index (Phi) is 7.02. The van der Waals surface area contributed by atoms with Crippen molar-refractivity contribution in [3.05, 3.63) is 88.6 Å². The number of nitrogens with zero attached hydrogens (tertiary/aromatic N) is 2. The quantitative estimate of drug-likeness (QED) is 0.404. The van der Waals surface area contributed by atoms with Crippen molar-refractivity contribution in [1.82, 2.24) is 15.3 Å². The molecule has 0 radical (unpaired) electrons. The predicted octanol–water partition coefficient (Wildman–Crippen LogP) is 5.50. The Labute approximate surface area is 183 Å². The highest BCUT2D eigenvalue weighted by atomic mass is 19.4. The summed E-state index contributed by atoms with van der Waals surface area (Å²) in [5.41, 5.74) is 1.81. The maximum absolute atomic E-state index is 14.1. The standard InChI is InChI=1S/C24H21F4N3O/c1-3-19-15(2)11-16(12-20(19)25)13-30-22(32)9-7-17-6-8-21(24(26,27)28)31-23(17)18-5-4-10-29-14-18/h4-12,14H,3,13H2,1-2H3,(H,30,32)/b9-7+. The van der Waals surface area contributed by atoms with Crippen molar-refractivity contribution in [2.45, 2.75) is 33.0 Å². The van der Waals surface area contributed by atoms with Gasteiger partial charge in [0, 0.05) is 36.1 Å². The molecule has 2 heterocycles. The van der Waals surface area contributed by atoms with Crippen LogP contribution in [0.4, 0.5) is 17.6 Å². The second-order valence-corrected chi connectivity index (χ2v) is 7.15. The Hall–Kier alpha value is -3.55. The largest absolute Gasteiger partial charge is 0.433 e. The molecule has 1 amide bonds. The summed E-state index contributed by atoms with van der Waals surface area (Å²) in [6, 6.07) is 8.48. The first kappa shape index (κ1) is 23.1. The Balaban J connectivity index is 1.79. The van der Waals surface area contributed by atoms with Crippen LogP contribution in [0.2, 0.25) is 0 Å². The van der Waals surface area contributed by atoms with E-state index in [0.717, 1.165) is 11.6 Å². The fourth-order valence-corrected chi connectivity index (χ4v) is 3.30. The van der Waals surface area contributed by atoms with Gasteiger partial charge in [-0.2, -0.15) is 13.2 Å². The van der Waals surface area contributed by atoms with Crippen molar-refractivity contribution in [2.75, 3.05) is 0 Å². The molecule has 0 spiro atoms. The maximum atomic E-state index is 14.1. The molecule has 0 unspecified atom stereocenters. The number of carbonyl (C=O) groups excluding carboxylic acids is 1. The third-order valence-corrected chi connectivity index (χ3v) is 4.86. The SMILES string of the molecule is CCc1c(C)cc(CNC(=O)/C=C/c2ccc(C(F)(F)F)nc2-c2cccnc2)cc1F. The van der Waals surface area contributed by atoms with Gasteiger partial charge in [-0.3, -0.25) is 9.78 Å². The number of hydrogen-bond donors (Lipinski definition) is 1. The summed E-state index contributed by atoms with van der Waals surface area (Å²) in [6.45, 7) is 3.80. The van der Waals surface area contributed by atoms with Crippen molar-refractivity contribution in [3.63, 3.8) is 0 Å². The summed E-state index contributed by atoms with van der Waals surface area (Å²) in [5.74, 6) is -0.788. The molecule has 1 aromatic carbocycles. The Morgan fingerprint density at radius 1 is 1.19 bits per heavy atom. The van der Waals surface area contributed by atoms with Crippen LogP contribution >= 0.6 is 0 Å². The summed E-state index contributed by atoms with van der Waals surface area (Å²) < 4.78 is 53.4. The van der Waals surface area contributed by atoms with E-state index in [-0.39, 0.29) is 18.1 Å². The number of amides is 1. The zero-order chi connectivity index (χ0) is 23.3. The van der Waals surface area contributed by atoms with Gasteiger partial charge in [0.1, 0.15) is 11.5 Å². The first-order valence-electron chi connectivity index (χ1n) is 9.91. The van der Waals surface area contributed by atoms with E-state index in [1.165, 1.54) is 36.7 Å². The molecule has 1 N–H and O–H groups in total. The summed E-state index contributed by atoms with van der Waals surface area (Å²) >= 11 is 0. The second-order valence-electron chi connectivity index (χ2n) is 7.15. The van der Waals surface area contributed by atoms with Gasteiger partial charge in [0.05, 0.1) is 5.69 Å². The van der Waals surface area contributed by atoms with Crippen LogP contribution in [-0.4, -0.2) is 15.9 Å². The Bertz CT molecular complexity index is 1120. The number of hydrogen-bond acceptors (Lipinski definition) is 3. The van der Waals surface area contributed by atoms with E-state index in [1.807, 2.05) is 19.9 Å². The fraction of sp³-hybridized carbons (Fsp3) is 0.208. The summed E-state index contributed by atoms with van der Waals surface area (Å²) in [6.07, 6.45) is 1.46. The minimum atomic E-state index is -4.60. The lowest BCUT2D eigenvalue weighted by molar-refractivity contribution is -0.141. The summed E-state index contributed by atoms with van der Waals surface area (Å²) in [7, 11) is 0. The molecule has 2 aromatic heterocycles. The van der Waals surface area contributed by atoms with Crippen molar-refractivity contribution >= 4 is 12.0 Å². The number of halogens is 4. The van der Waals surface area contributed by atoms with Gasteiger partial charge in [-0.1, -0.05) is 19.1 Å². The number of pyridine rings is 2. The number of benzene rings is 1. The molecule has 0 fully saturated rings. The third-order valence-electron chi connectivity index (χ3n) is 4.86. The smallest absolute Gasteiger partial charge is 0.348 e. The highest BCUT2D eigenvalue weighted by Gasteiger charge is 2.33. The van der Waals surface area contributed by atoms with Gasteiger partial charge in [0.2, 0.25) is 5.91 Å². The van der Waals surface area contributed by atoms with E-state index in [1.54, 1.807) is 12.1 Å². The van der Waals surface area contributed by atoms with Crippen LogP contribution < -0.4 is 5.32 Å². The van der Waals surface area contributed by atoms with Crippen LogP contribution in [0.5, 0.6) is 0 Å². The Morgan fingerprint density at radius 2 is 1.97 bits per heavy atom. The first-order chi connectivity index (χ1) is 15.2. The number of alkyl halides is 3. The van der Waals surface area contributed by atoms with Gasteiger partial charge in [0.25, 0.3) is 0 Å². The molecule has 32 heavy (non-hydrogen) atoms. The minimum absolute atomic E-state index is 0.0600. The van der Waals surface area contributed by atoms with Crippen molar-refractivity contribution in [2.24, 2.45) is 0 Å². The molecule has 0 bridgehead atoms. The molecular formula is C24H21F4N3O. The third kappa shape index (κ3) is 5.57. The Morgan fingerprint density at radius 3 is 2.59 bits per heavy atom. The molecule has 3 rings (SSSR count). The molecule has 0 aliphatic carbocycles. The van der Waals surface area contributed by atoms with E-state index in [4.69, 9.17) is 0 Å². The topological polar surface area (TPSA) is 54.9 Å². The van der Waals surface area contributed by atoms with Gasteiger partial charge >= 0.3 is 6.18 Å². The van der Waals surface area contributed by atoms with E-state index in [9.17, 15) is 22.4 Å². The van der Waals surface area contributed by atoms with Gasteiger partial charge in [-0.15, -0.1) is 0 Å². The normalized spacial score (nSPS) is 11.7. The average Bonchev–Trinajstić information content (AvgIpc) is 2.76. The van der Waals surface area contributed by atoms with Crippen LogP contribution in [0.15, 0.2) is 54.9 Å². The van der Waals surface area contributed by atoms with E-state index in [0.29, 0.717) is 28.7 Å². The van der Waals surface area contributed by atoms with Crippen LogP contribution in [0, 0.1) is 12.7 Å². The molecule has 4 nitrogen and oxygen atoms in total.